The number of hydrogen-bond acceptors (Lipinski definition) is 5. The zero-order valence-corrected chi connectivity index (χ0v) is 18.8. The molecule has 1 aliphatic rings. The van der Waals surface area contributed by atoms with E-state index in [1.165, 1.54) is 49.5 Å². The number of ether oxygens (including phenoxy) is 1. The third kappa shape index (κ3) is 3.82. The Morgan fingerprint density at radius 1 is 1.25 bits per heavy atom. The quantitative estimate of drug-likeness (QED) is 0.656. The first-order valence-corrected chi connectivity index (χ1v) is 10.9. The second-order valence-corrected chi connectivity index (χ2v) is 9.90. The minimum atomic E-state index is -0.742. The number of methoxy groups -OCH3 is 1. The van der Waals surface area contributed by atoms with Crippen molar-refractivity contribution in [2.24, 2.45) is 0 Å². The zero-order chi connectivity index (χ0) is 20.5. The lowest BCUT2D eigenvalue weighted by Gasteiger charge is -2.31. The van der Waals surface area contributed by atoms with E-state index in [1.807, 2.05) is 20.8 Å². The van der Waals surface area contributed by atoms with Crippen LogP contribution in [0, 0.1) is 20.8 Å². The van der Waals surface area contributed by atoms with Crippen LogP contribution < -0.4 is 5.32 Å². The normalized spacial score (nSPS) is 16.2. The Bertz CT molecular complexity index is 863. The summed E-state index contributed by atoms with van der Waals surface area (Å²) < 4.78 is 4.98. The number of nitrogens with zero attached hydrogens (tertiary/aromatic N) is 1. The van der Waals surface area contributed by atoms with Crippen molar-refractivity contribution in [3.8, 4) is 0 Å². The lowest BCUT2D eigenvalue weighted by Crippen LogP contribution is -2.33. The van der Waals surface area contributed by atoms with Gasteiger partial charge in [0.2, 0.25) is 0 Å². The molecule has 2 aromatic rings. The molecule has 0 unspecified atom stereocenters. The largest absolute Gasteiger partial charge is 0.468 e. The highest BCUT2D eigenvalue weighted by Gasteiger charge is 2.38. The van der Waals surface area contributed by atoms with E-state index < -0.39 is 5.41 Å². The Morgan fingerprint density at radius 3 is 2.54 bits per heavy atom. The number of carbonyl (C=O) groups excluding carboxylic acids is 1. The molecular weight excluding hydrogens is 368 g/mol. The third-order valence-electron chi connectivity index (χ3n) is 6.18. The molecule has 152 valence electrons. The summed E-state index contributed by atoms with van der Waals surface area (Å²) in [7, 11) is 1.43. The van der Waals surface area contributed by atoms with Gasteiger partial charge >= 0.3 is 5.97 Å². The molecule has 1 aromatic heterocycles. The molecule has 0 radical (unpaired) electrons. The highest BCUT2D eigenvalue weighted by Crippen LogP contribution is 2.43. The summed E-state index contributed by atoms with van der Waals surface area (Å²) in [6.07, 6.45) is 4.95. The number of aryl methyl sites for hydroxylation is 3. The highest BCUT2D eigenvalue weighted by molar-refractivity contribution is 7.15. The maximum Gasteiger partial charge on any atom is 0.317 e. The van der Waals surface area contributed by atoms with E-state index in [0.717, 1.165) is 22.2 Å². The van der Waals surface area contributed by atoms with Crippen LogP contribution in [-0.2, 0) is 20.4 Å². The van der Waals surface area contributed by atoms with E-state index in [0.29, 0.717) is 0 Å². The Balaban J connectivity index is 1.84. The van der Waals surface area contributed by atoms with Crippen molar-refractivity contribution in [3.05, 3.63) is 45.5 Å². The van der Waals surface area contributed by atoms with Crippen LogP contribution in [0.1, 0.15) is 66.8 Å². The molecule has 28 heavy (non-hydrogen) atoms. The molecule has 0 amide bonds. The fraction of sp³-hybridized carbons (Fsp3) is 0.565. The van der Waals surface area contributed by atoms with Gasteiger partial charge in [-0.3, -0.25) is 4.79 Å². The SMILES string of the molecule is COC(=O)C(C)(C)c1nc(NCC2(c3ccc(C)cc3C)CCCC2)sc1C. The van der Waals surface area contributed by atoms with Gasteiger partial charge in [0.25, 0.3) is 0 Å². The van der Waals surface area contributed by atoms with Crippen molar-refractivity contribution in [1.29, 1.82) is 0 Å². The van der Waals surface area contributed by atoms with Crippen LogP contribution in [0.3, 0.4) is 0 Å². The average molecular weight is 401 g/mol. The number of nitrogens with one attached hydrogen (secondary N) is 1. The van der Waals surface area contributed by atoms with Crippen LogP contribution in [-0.4, -0.2) is 24.6 Å². The standard InChI is InChI=1S/C23H32N2O2S/c1-15-9-10-18(16(2)13-15)23(11-7-8-12-23)14-24-21-25-19(17(3)28-21)22(4,5)20(26)27-6/h9-10,13H,7-8,11-12,14H2,1-6H3,(H,24,25). The van der Waals surface area contributed by atoms with Crippen LogP contribution in [0.5, 0.6) is 0 Å². The van der Waals surface area contributed by atoms with Gasteiger partial charge < -0.3 is 10.1 Å². The molecule has 0 saturated heterocycles. The predicted octanol–water partition coefficient (Wildman–Crippen LogP) is 5.44. The van der Waals surface area contributed by atoms with E-state index in [2.05, 4.69) is 37.4 Å². The summed E-state index contributed by atoms with van der Waals surface area (Å²) in [6, 6.07) is 6.84. The van der Waals surface area contributed by atoms with E-state index in [4.69, 9.17) is 9.72 Å². The molecule has 1 fully saturated rings. The summed E-state index contributed by atoms with van der Waals surface area (Å²) in [5.41, 5.74) is 4.38. The summed E-state index contributed by atoms with van der Waals surface area (Å²) in [5.74, 6) is -0.255. The van der Waals surface area contributed by atoms with Crippen molar-refractivity contribution in [2.45, 2.75) is 71.1 Å². The first-order valence-electron chi connectivity index (χ1n) is 10.1. The van der Waals surface area contributed by atoms with Gasteiger partial charge in [0.15, 0.2) is 5.13 Å². The second kappa shape index (κ2) is 7.86. The fourth-order valence-electron chi connectivity index (χ4n) is 4.65. The van der Waals surface area contributed by atoms with Crippen molar-refractivity contribution in [2.75, 3.05) is 19.0 Å². The molecule has 1 heterocycles. The van der Waals surface area contributed by atoms with Gasteiger partial charge in [-0.1, -0.05) is 36.6 Å². The summed E-state index contributed by atoms with van der Waals surface area (Å²) >= 11 is 1.62. The van der Waals surface area contributed by atoms with E-state index in [1.54, 1.807) is 11.3 Å². The van der Waals surface area contributed by atoms with Crippen molar-refractivity contribution >= 4 is 22.4 Å². The van der Waals surface area contributed by atoms with E-state index in [9.17, 15) is 4.79 Å². The number of esters is 1. The molecule has 3 rings (SSSR count). The first-order chi connectivity index (χ1) is 13.2. The number of carbonyl (C=O) groups is 1. The maximum atomic E-state index is 12.2. The smallest absolute Gasteiger partial charge is 0.317 e. The molecule has 1 aromatic carbocycles. The molecule has 1 aliphatic carbocycles. The first kappa shape index (κ1) is 20.8. The number of aromatic nitrogens is 1. The van der Waals surface area contributed by atoms with Gasteiger partial charge in [0.1, 0.15) is 5.41 Å². The number of hydrogen-bond donors (Lipinski definition) is 1. The lowest BCUT2D eigenvalue weighted by molar-refractivity contribution is -0.146. The summed E-state index contributed by atoms with van der Waals surface area (Å²) in [6.45, 7) is 11.0. The minimum Gasteiger partial charge on any atom is -0.468 e. The molecule has 0 atom stereocenters. The number of benzene rings is 1. The molecule has 0 bridgehead atoms. The predicted molar refractivity (Wildman–Crippen MR) is 116 cm³/mol. The van der Waals surface area contributed by atoms with Crippen LogP contribution in [0.25, 0.3) is 0 Å². The molecule has 4 nitrogen and oxygen atoms in total. The molecule has 0 aliphatic heterocycles. The van der Waals surface area contributed by atoms with Crippen molar-refractivity contribution < 1.29 is 9.53 Å². The lowest BCUT2D eigenvalue weighted by atomic mass is 9.76. The number of anilines is 1. The Morgan fingerprint density at radius 2 is 1.93 bits per heavy atom. The van der Waals surface area contributed by atoms with Gasteiger partial charge in [-0.2, -0.15) is 0 Å². The van der Waals surface area contributed by atoms with Crippen molar-refractivity contribution in [1.82, 2.24) is 4.98 Å². The van der Waals surface area contributed by atoms with Crippen LogP contribution in [0.2, 0.25) is 0 Å². The van der Waals surface area contributed by atoms with Gasteiger partial charge in [-0.25, -0.2) is 4.98 Å². The van der Waals surface area contributed by atoms with E-state index >= 15 is 0 Å². The topological polar surface area (TPSA) is 51.2 Å². The number of thiazole rings is 1. The van der Waals surface area contributed by atoms with E-state index in [-0.39, 0.29) is 11.4 Å². The second-order valence-electron chi connectivity index (χ2n) is 8.70. The zero-order valence-electron chi connectivity index (χ0n) is 17.9. The summed E-state index contributed by atoms with van der Waals surface area (Å²) in [4.78, 5) is 18.0. The van der Waals surface area contributed by atoms with Gasteiger partial charge in [0.05, 0.1) is 12.8 Å². The Labute approximate surface area is 172 Å². The minimum absolute atomic E-state index is 0.162. The number of rotatable bonds is 6. The van der Waals surface area contributed by atoms with Crippen LogP contribution >= 0.6 is 11.3 Å². The molecule has 0 spiro atoms. The third-order valence-corrected chi connectivity index (χ3v) is 7.10. The monoisotopic (exact) mass is 400 g/mol. The maximum absolute atomic E-state index is 12.2. The molecule has 1 saturated carbocycles. The van der Waals surface area contributed by atoms with Gasteiger partial charge in [0, 0.05) is 16.8 Å². The van der Waals surface area contributed by atoms with Gasteiger partial charge in [-0.15, -0.1) is 11.3 Å². The average Bonchev–Trinajstić information content (AvgIpc) is 3.26. The van der Waals surface area contributed by atoms with Crippen LogP contribution in [0.4, 0.5) is 5.13 Å². The Kier molecular flexibility index (Phi) is 5.85. The fourth-order valence-corrected chi connectivity index (χ4v) is 5.62. The molecular formula is C23H32N2O2S. The summed E-state index contributed by atoms with van der Waals surface area (Å²) in [5, 5.41) is 4.50. The van der Waals surface area contributed by atoms with Crippen molar-refractivity contribution in [3.63, 3.8) is 0 Å². The molecule has 1 N–H and O–H groups in total. The highest BCUT2D eigenvalue weighted by atomic mass is 32.1. The molecule has 5 heteroatoms. The Hall–Kier alpha value is -1.88. The van der Waals surface area contributed by atoms with Gasteiger partial charge in [-0.05, 0) is 58.6 Å². The van der Waals surface area contributed by atoms with Crippen LogP contribution in [0.15, 0.2) is 18.2 Å².